The molecule has 0 aromatic heterocycles. The number of hydrogen-bond acceptors (Lipinski definition) is 4. The quantitative estimate of drug-likeness (QED) is 0.670. The second-order valence-electron chi connectivity index (χ2n) is 4.92. The summed E-state index contributed by atoms with van der Waals surface area (Å²) in [5.74, 6) is 0.0496. The molecule has 0 aromatic carbocycles. The van der Waals surface area contributed by atoms with Crippen molar-refractivity contribution < 1.29 is 14.3 Å². The fourth-order valence-corrected chi connectivity index (χ4v) is 1.86. The Morgan fingerprint density at radius 2 is 2.11 bits per heavy atom. The first-order valence-corrected chi connectivity index (χ1v) is 6.50. The Kier molecular flexibility index (Phi) is 6.69. The van der Waals surface area contributed by atoms with Crippen molar-refractivity contribution in [3.8, 4) is 6.57 Å². The van der Waals surface area contributed by atoms with Gasteiger partial charge in [-0.1, -0.05) is 18.7 Å². The van der Waals surface area contributed by atoms with Crippen molar-refractivity contribution in [2.24, 2.45) is 5.92 Å². The molecule has 1 rings (SSSR count). The minimum atomic E-state index is -0.533. The molecule has 1 heterocycles. The summed E-state index contributed by atoms with van der Waals surface area (Å²) in [6, 6.07) is -0.533. The number of esters is 1. The maximum absolute atomic E-state index is 11.7. The van der Waals surface area contributed by atoms with E-state index in [4.69, 9.17) is 16.0 Å². The SMILES string of the molecule is C#[N+][C@@H](CC(C)C)C(=O)OCCN1CCOCC1. The van der Waals surface area contributed by atoms with Gasteiger partial charge in [-0.15, -0.1) is 0 Å². The van der Waals surface area contributed by atoms with Crippen LogP contribution >= 0.6 is 0 Å². The first kappa shape index (κ1) is 14.9. The molecular weight excluding hydrogens is 232 g/mol. The smallest absolute Gasteiger partial charge is 0.395 e. The van der Waals surface area contributed by atoms with Crippen molar-refractivity contribution in [3.63, 3.8) is 0 Å². The number of rotatable bonds is 6. The Hall–Kier alpha value is -1.12. The van der Waals surface area contributed by atoms with Gasteiger partial charge >= 0.3 is 12.0 Å². The topological polar surface area (TPSA) is 43.1 Å². The van der Waals surface area contributed by atoms with Crippen LogP contribution in [0.25, 0.3) is 4.85 Å². The summed E-state index contributed by atoms with van der Waals surface area (Å²) in [5, 5.41) is 0. The summed E-state index contributed by atoms with van der Waals surface area (Å²) in [6.07, 6.45) is 0.632. The third kappa shape index (κ3) is 5.48. The highest BCUT2D eigenvalue weighted by Gasteiger charge is 2.29. The van der Waals surface area contributed by atoms with E-state index in [-0.39, 0.29) is 5.97 Å². The van der Waals surface area contributed by atoms with Crippen molar-refractivity contribution in [2.45, 2.75) is 26.3 Å². The van der Waals surface area contributed by atoms with Crippen molar-refractivity contribution in [2.75, 3.05) is 39.5 Å². The lowest BCUT2D eigenvalue weighted by atomic mass is 10.0. The third-order valence-electron chi connectivity index (χ3n) is 2.90. The maximum Gasteiger partial charge on any atom is 0.395 e. The van der Waals surface area contributed by atoms with Crippen LogP contribution in [0.4, 0.5) is 0 Å². The number of carbonyl (C=O) groups is 1. The fourth-order valence-electron chi connectivity index (χ4n) is 1.86. The van der Waals surface area contributed by atoms with E-state index >= 15 is 0 Å². The van der Waals surface area contributed by atoms with Crippen molar-refractivity contribution in [1.29, 1.82) is 0 Å². The molecule has 0 aromatic rings. The normalized spacial score (nSPS) is 18.3. The second kappa shape index (κ2) is 8.06. The van der Waals surface area contributed by atoms with Crippen molar-refractivity contribution in [3.05, 3.63) is 4.85 Å². The van der Waals surface area contributed by atoms with Crippen LogP contribution in [0.1, 0.15) is 20.3 Å². The predicted molar refractivity (Wildman–Crippen MR) is 69.8 cm³/mol. The Morgan fingerprint density at radius 3 is 2.67 bits per heavy atom. The number of nitrogens with zero attached hydrogens (tertiary/aromatic N) is 2. The highest BCUT2D eigenvalue weighted by Crippen LogP contribution is 2.09. The van der Waals surface area contributed by atoms with Crippen LogP contribution in [0.2, 0.25) is 0 Å². The average Bonchev–Trinajstić information content (AvgIpc) is 2.36. The maximum atomic E-state index is 11.7. The molecule has 0 radical (unpaired) electrons. The van der Waals surface area contributed by atoms with Gasteiger partial charge in [0.05, 0.1) is 13.2 Å². The standard InChI is InChI=1S/C13H23N2O3/c1-11(2)10-12(14-3)13(16)18-9-6-15-4-7-17-8-5-15/h3,11-12H,4-10H2,1-2H3/q+1/t12-/m0/s1. The van der Waals surface area contributed by atoms with Crippen LogP contribution in [-0.2, 0) is 14.3 Å². The number of hydrogen-bond donors (Lipinski definition) is 0. The van der Waals surface area contributed by atoms with E-state index < -0.39 is 6.04 Å². The molecule has 0 aliphatic carbocycles. The van der Waals surface area contributed by atoms with Crippen LogP contribution < -0.4 is 0 Å². The predicted octanol–water partition coefficient (Wildman–Crippen LogP) is 1.24. The van der Waals surface area contributed by atoms with Crippen LogP contribution in [0.5, 0.6) is 0 Å². The summed E-state index contributed by atoms with van der Waals surface area (Å²) in [6.45, 7) is 13.7. The zero-order valence-electron chi connectivity index (χ0n) is 11.3. The molecule has 0 spiro atoms. The van der Waals surface area contributed by atoms with Gasteiger partial charge in [0.1, 0.15) is 6.61 Å². The largest absolute Gasteiger partial charge is 0.458 e. The molecule has 1 aliphatic heterocycles. The molecule has 18 heavy (non-hydrogen) atoms. The molecule has 102 valence electrons. The Balaban J connectivity index is 2.20. The molecule has 1 saturated heterocycles. The second-order valence-corrected chi connectivity index (χ2v) is 4.92. The van der Waals surface area contributed by atoms with Crippen LogP contribution in [0.15, 0.2) is 0 Å². The van der Waals surface area contributed by atoms with E-state index in [1.807, 2.05) is 13.8 Å². The number of carbonyl (C=O) groups excluding carboxylic acids is 1. The molecule has 5 heteroatoms. The monoisotopic (exact) mass is 255 g/mol. The van der Waals surface area contributed by atoms with Gasteiger partial charge in [0.15, 0.2) is 0 Å². The summed E-state index contributed by atoms with van der Waals surface area (Å²) < 4.78 is 10.4. The fraction of sp³-hybridized carbons (Fsp3) is 0.846. The molecule has 1 fully saturated rings. The summed E-state index contributed by atoms with van der Waals surface area (Å²) in [5.41, 5.74) is 0. The molecule has 1 aliphatic rings. The van der Waals surface area contributed by atoms with Gasteiger partial charge in [-0.3, -0.25) is 4.90 Å². The Labute approximate surface area is 109 Å². The highest BCUT2D eigenvalue weighted by molar-refractivity contribution is 5.77. The van der Waals surface area contributed by atoms with E-state index in [1.165, 1.54) is 0 Å². The molecule has 5 nitrogen and oxygen atoms in total. The lowest BCUT2D eigenvalue weighted by Crippen LogP contribution is -2.39. The highest BCUT2D eigenvalue weighted by atomic mass is 16.5. The van der Waals surface area contributed by atoms with Crippen LogP contribution in [0.3, 0.4) is 0 Å². The minimum Gasteiger partial charge on any atom is -0.458 e. The molecule has 1 atom stereocenters. The Bertz CT molecular complexity index is 293. The number of morpholine rings is 1. The van der Waals surface area contributed by atoms with E-state index in [1.54, 1.807) is 0 Å². The summed E-state index contributed by atoms with van der Waals surface area (Å²) in [4.78, 5) is 17.5. The van der Waals surface area contributed by atoms with Crippen molar-refractivity contribution in [1.82, 2.24) is 4.90 Å². The van der Waals surface area contributed by atoms with Gasteiger partial charge in [-0.2, -0.15) is 0 Å². The molecule has 0 amide bonds. The van der Waals surface area contributed by atoms with Crippen molar-refractivity contribution >= 4 is 5.97 Å². The van der Waals surface area contributed by atoms with Gasteiger partial charge < -0.3 is 9.47 Å². The van der Waals surface area contributed by atoms with Gasteiger partial charge in [0.2, 0.25) is 0 Å². The zero-order valence-corrected chi connectivity index (χ0v) is 11.3. The summed E-state index contributed by atoms with van der Waals surface area (Å²) in [7, 11) is 0. The van der Waals surface area contributed by atoms with Gasteiger partial charge in [0.25, 0.3) is 6.57 Å². The Morgan fingerprint density at radius 1 is 1.44 bits per heavy atom. The molecule has 0 unspecified atom stereocenters. The van der Waals surface area contributed by atoms with Crippen LogP contribution in [0, 0.1) is 12.5 Å². The average molecular weight is 255 g/mol. The summed E-state index contributed by atoms with van der Waals surface area (Å²) >= 11 is 0. The first-order chi connectivity index (χ1) is 8.63. The van der Waals surface area contributed by atoms with Gasteiger partial charge in [-0.05, 0) is 5.92 Å². The lowest BCUT2D eigenvalue weighted by molar-refractivity contribution is -0.145. The minimum absolute atomic E-state index is 0.320. The molecular formula is C13H23N2O3+. The van der Waals surface area contributed by atoms with E-state index in [0.717, 1.165) is 32.8 Å². The van der Waals surface area contributed by atoms with Crippen LogP contribution in [-0.4, -0.2) is 56.4 Å². The lowest BCUT2D eigenvalue weighted by Gasteiger charge is -2.26. The molecule has 0 bridgehead atoms. The van der Waals surface area contributed by atoms with Gasteiger partial charge in [0, 0.05) is 26.1 Å². The first-order valence-electron chi connectivity index (χ1n) is 6.50. The van der Waals surface area contributed by atoms with E-state index in [2.05, 4.69) is 9.74 Å². The van der Waals surface area contributed by atoms with E-state index in [9.17, 15) is 4.79 Å². The number of ether oxygens (including phenoxy) is 2. The van der Waals surface area contributed by atoms with Gasteiger partial charge in [-0.25, -0.2) is 4.79 Å². The third-order valence-corrected chi connectivity index (χ3v) is 2.90. The molecule has 0 saturated carbocycles. The zero-order chi connectivity index (χ0) is 13.4. The van der Waals surface area contributed by atoms with E-state index in [0.29, 0.717) is 18.9 Å². The molecule has 0 N–H and O–H groups in total.